The van der Waals surface area contributed by atoms with E-state index in [-0.39, 0.29) is 24.8 Å². The molecule has 1 aliphatic heterocycles. The number of ether oxygens (including phenoxy) is 1. The Labute approximate surface area is 163 Å². The molecule has 2 unspecified atom stereocenters. The number of cyclic esters (lactones) is 1. The maximum absolute atomic E-state index is 14.0. The fourth-order valence-electron chi connectivity index (χ4n) is 3.69. The fraction of sp³-hybridized carbons (Fsp3) is 0.409. The van der Waals surface area contributed by atoms with Gasteiger partial charge < -0.3 is 14.7 Å². The van der Waals surface area contributed by atoms with Crippen LogP contribution in [0.15, 0.2) is 42.5 Å². The van der Waals surface area contributed by atoms with Gasteiger partial charge in [0.2, 0.25) is 0 Å². The molecule has 0 saturated carbocycles. The normalized spacial score (nSPS) is 18.1. The topological polar surface area (TPSA) is 49.8 Å². The third kappa shape index (κ3) is 4.50. The first-order chi connectivity index (χ1) is 13.5. The molecule has 3 rings (SSSR count). The fourth-order valence-corrected chi connectivity index (χ4v) is 3.69. The molecule has 4 nitrogen and oxygen atoms in total. The highest BCUT2D eigenvalue weighted by molar-refractivity contribution is 5.70. The summed E-state index contributed by atoms with van der Waals surface area (Å²) in [4.78, 5) is 14.2. The molecular weight excluding hydrogens is 364 g/mol. The summed E-state index contributed by atoms with van der Waals surface area (Å²) >= 11 is 0. The standard InChI is InChI=1S/C22H25F2NO3/c1-2-21(25-12-11-18(4-3-13-26)28-22(25)27)16-7-5-15(6-8-16)19-10-9-17(23)14-20(19)24/h5-10,14,18,21,26H,2-4,11-13H2,1H3. The molecule has 1 heterocycles. The molecule has 28 heavy (non-hydrogen) atoms. The zero-order valence-corrected chi connectivity index (χ0v) is 15.9. The van der Waals surface area contributed by atoms with E-state index in [0.717, 1.165) is 24.5 Å². The van der Waals surface area contributed by atoms with Crippen LogP contribution in [0, 0.1) is 11.6 Å². The molecule has 1 fully saturated rings. The highest BCUT2D eigenvalue weighted by Crippen LogP contribution is 2.31. The highest BCUT2D eigenvalue weighted by atomic mass is 19.1. The molecule has 1 saturated heterocycles. The van der Waals surface area contributed by atoms with Crippen LogP contribution in [0.25, 0.3) is 11.1 Å². The molecule has 150 valence electrons. The first kappa shape index (κ1) is 20.3. The highest BCUT2D eigenvalue weighted by Gasteiger charge is 2.32. The van der Waals surface area contributed by atoms with Crippen LogP contribution in [0.3, 0.4) is 0 Å². The molecule has 2 aromatic rings. The average Bonchev–Trinajstić information content (AvgIpc) is 2.69. The number of aliphatic hydroxyl groups excluding tert-OH is 1. The number of hydrogen-bond donors (Lipinski definition) is 1. The molecule has 1 N–H and O–H groups in total. The molecule has 0 spiro atoms. The van der Waals surface area contributed by atoms with Gasteiger partial charge in [0.05, 0.1) is 6.04 Å². The second-order valence-electron chi connectivity index (χ2n) is 7.02. The van der Waals surface area contributed by atoms with Gasteiger partial charge in [-0.15, -0.1) is 0 Å². The van der Waals surface area contributed by atoms with Gasteiger partial charge in [-0.3, -0.25) is 0 Å². The van der Waals surface area contributed by atoms with Crippen molar-refractivity contribution in [2.75, 3.05) is 13.2 Å². The van der Waals surface area contributed by atoms with Crippen LogP contribution in [-0.2, 0) is 4.74 Å². The Kier molecular flexibility index (Phi) is 6.62. The minimum Gasteiger partial charge on any atom is -0.446 e. The van der Waals surface area contributed by atoms with Crippen LogP contribution in [0.2, 0.25) is 0 Å². The molecule has 1 amide bonds. The van der Waals surface area contributed by atoms with Crippen LogP contribution in [0.4, 0.5) is 13.6 Å². The van der Waals surface area contributed by atoms with Gasteiger partial charge in [0.25, 0.3) is 0 Å². The minimum absolute atomic E-state index is 0.0936. The van der Waals surface area contributed by atoms with E-state index in [2.05, 4.69) is 0 Å². The second kappa shape index (κ2) is 9.15. The van der Waals surface area contributed by atoms with Crippen molar-refractivity contribution in [1.82, 2.24) is 4.90 Å². The van der Waals surface area contributed by atoms with E-state index >= 15 is 0 Å². The maximum atomic E-state index is 14.0. The Hall–Kier alpha value is -2.47. The summed E-state index contributed by atoms with van der Waals surface area (Å²) in [5.74, 6) is -1.21. The SMILES string of the molecule is CCC(c1ccc(-c2ccc(F)cc2F)cc1)N1CCC(CCCO)OC1=O. The van der Waals surface area contributed by atoms with Gasteiger partial charge in [0.15, 0.2) is 0 Å². The lowest BCUT2D eigenvalue weighted by Crippen LogP contribution is -2.43. The van der Waals surface area contributed by atoms with E-state index < -0.39 is 11.6 Å². The van der Waals surface area contributed by atoms with Gasteiger partial charge in [-0.1, -0.05) is 31.2 Å². The van der Waals surface area contributed by atoms with Gasteiger partial charge in [-0.05, 0) is 42.5 Å². The van der Waals surface area contributed by atoms with Gasteiger partial charge in [-0.25, -0.2) is 13.6 Å². The van der Waals surface area contributed by atoms with E-state index in [0.29, 0.717) is 30.5 Å². The zero-order valence-electron chi connectivity index (χ0n) is 15.9. The second-order valence-corrected chi connectivity index (χ2v) is 7.02. The molecule has 1 aliphatic rings. The van der Waals surface area contributed by atoms with Gasteiger partial charge in [-0.2, -0.15) is 0 Å². The number of rotatable bonds is 7. The summed E-state index contributed by atoms with van der Waals surface area (Å²) in [6, 6.07) is 10.7. The molecule has 0 radical (unpaired) electrons. The third-order valence-electron chi connectivity index (χ3n) is 5.18. The summed E-state index contributed by atoms with van der Waals surface area (Å²) in [6.07, 6.45) is 2.27. The molecule has 0 bridgehead atoms. The Balaban J connectivity index is 1.73. The number of halogens is 2. The Morgan fingerprint density at radius 2 is 1.96 bits per heavy atom. The third-order valence-corrected chi connectivity index (χ3v) is 5.18. The largest absolute Gasteiger partial charge is 0.446 e. The van der Waals surface area contributed by atoms with Crippen LogP contribution in [0.1, 0.15) is 44.2 Å². The molecule has 2 aromatic carbocycles. The smallest absolute Gasteiger partial charge is 0.410 e. The predicted octanol–water partition coefficient (Wildman–Crippen LogP) is 5.07. The number of nitrogens with zero attached hydrogens (tertiary/aromatic N) is 1. The Morgan fingerprint density at radius 3 is 2.57 bits per heavy atom. The van der Waals surface area contributed by atoms with Crippen molar-refractivity contribution in [1.29, 1.82) is 0 Å². The van der Waals surface area contributed by atoms with Crippen molar-refractivity contribution in [2.24, 2.45) is 0 Å². The van der Waals surface area contributed by atoms with Gasteiger partial charge >= 0.3 is 6.09 Å². The monoisotopic (exact) mass is 389 g/mol. The molecule has 6 heteroatoms. The lowest BCUT2D eigenvalue weighted by molar-refractivity contribution is 0.00468. The molecule has 0 aromatic heterocycles. The lowest BCUT2D eigenvalue weighted by atomic mass is 9.97. The van der Waals surface area contributed by atoms with Crippen molar-refractivity contribution in [3.63, 3.8) is 0 Å². The molecule has 0 aliphatic carbocycles. The van der Waals surface area contributed by atoms with E-state index in [1.54, 1.807) is 17.0 Å². The van der Waals surface area contributed by atoms with Crippen molar-refractivity contribution in [3.05, 3.63) is 59.7 Å². The predicted molar refractivity (Wildman–Crippen MR) is 103 cm³/mol. The van der Waals surface area contributed by atoms with Crippen molar-refractivity contribution in [2.45, 2.75) is 44.8 Å². The van der Waals surface area contributed by atoms with E-state index in [4.69, 9.17) is 9.84 Å². The van der Waals surface area contributed by atoms with Crippen molar-refractivity contribution < 1.29 is 23.4 Å². The van der Waals surface area contributed by atoms with Crippen LogP contribution >= 0.6 is 0 Å². The van der Waals surface area contributed by atoms with Crippen molar-refractivity contribution in [3.8, 4) is 11.1 Å². The summed E-state index contributed by atoms with van der Waals surface area (Å²) in [5.41, 5.74) is 1.94. The lowest BCUT2D eigenvalue weighted by Gasteiger charge is -2.37. The first-order valence-corrected chi connectivity index (χ1v) is 9.67. The number of aliphatic hydroxyl groups is 1. The summed E-state index contributed by atoms with van der Waals surface area (Å²) in [6.45, 7) is 2.70. The Bertz CT molecular complexity index is 810. The summed E-state index contributed by atoms with van der Waals surface area (Å²) in [5, 5.41) is 8.93. The van der Waals surface area contributed by atoms with Crippen LogP contribution in [0.5, 0.6) is 0 Å². The average molecular weight is 389 g/mol. The van der Waals surface area contributed by atoms with E-state index in [1.165, 1.54) is 12.1 Å². The number of carbonyl (C=O) groups is 1. The number of amides is 1. The van der Waals surface area contributed by atoms with E-state index in [1.807, 2.05) is 19.1 Å². The maximum Gasteiger partial charge on any atom is 0.410 e. The number of carbonyl (C=O) groups excluding carboxylic acids is 1. The van der Waals surface area contributed by atoms with Gasteiger partial charge in [0, 0.05) is 31.2 Å². The quantitative estimate of drug-likeness (QED) is 0.720. The summed E-state index contributed by atoms with van der Waals surface area (Å²) < 4.78 is 32.6. The number of hydrogen-bond acceptors (Lipinski definition) is 3. The van der Waals surface area contributed by atoms with Crippen LogP contribution in [-0.4, -0.2) is 35.4 Å². The molecular formula is C22H25F2NO3. The van der Waals surface area contributed by atoms with Crippen molar-refractivity contribution >= 4 is 6.09 Å². The van der Waals surface area contributed by atoms with E-state index in [9.17, 15) is 13.6 Å². The Morgan fingerprint density at radius 1 is 1.21 bits per heavy atom. The summed E-state index contributed by atoms with van der Waals surface area (Å²) in [7, 11) is 0. The van der Waals surface area contributed by atoms with Gasteiger partial charge in [0.1, 0.15) is 17.7 Å². The minimum atomic E-state index is -0.607. The van der Waals surface area contributed by atoms with Crippen LogP contribution < -0.4 is 0 Å². The first-order valence-electron chi connectivity index (χ1n) is 9.67. The zero-order chi connectivity index (χ0) is 20.1. The molecule has 2 atom stereocenters. The number of benzene rings is 2.